The molecule has 0 aliphatic heterocycles. The molecule has 0 amide bonds. The van der Waals surface area contributed by atoms with E-state index in [1.54, 1.807) is 0 Å². The largest absolute Gasteiger partial charge is 0.0882 e. The molecule has 0 saturated heterocycles. The van der Waals surface area contributed by atoms with Gasteiger partial charge in [0.25, 0.3) is 0 Å². The Morgan fingerprint density at radius 1 is 1.50 bits per heavy atom. The van der Waals surface area contributed by atoms with Crippen molar-refractivity contribution in [2.75, 3.05) is 0 Å². The lowest BCUT2D eigenvalue weighted by molar-refractivity contribution is 0.466. The van der Waals surface area contributed by atoms with Crippen molar-refractivity contribution in [2.24, 2.45) is 5.92 Å². The van der Waals surface area contributed by atoms with Crippen LogP contribution in [0.3, 0.4) is 0 Å². The van der Waals surface area contributed by atoms with Crippen LogP contribution >= 0.6 is 22.6 Å². The van der Waals surface area contributed by atoms with E-state index in [0.717, 1.165) is 5.92 Å². The molecule has 1 unspecified atom stereocenters. The Balaban J connectivity index is 2.55. The highest BCUT2D eigenvalue weighted by atomic mass is 127. The molecule has 1 aliphatic rings. The maximum absolute atomic E-state index is 2.54. The molecule has 0 nitrogen and oxygen atoms in total. The van der Waals surface area contributed by atoms with Gasteiger partial charge in [0.2, 0.25) is 0 Å². The monoisotopic (exact) mass is 250 g/mol. The Bertz CT molecular complexity index is 130. The summed E-state index contributed by atoms with van der Waals surface area (Å²) in [7, 11) is 0. The molecule has 10 heavy (non-hydrogen) atoms. The molecule has 0 aromatic heterocycles. The molecule has 0 fully saturated rings. The maximum atomic E-state index is 2.54. The van der Waals surface area contributed by atoms with E-state index in [1.807, 2.05) is 0 Å². The Hall–Kier alpha value is 0.470. The van der Waals surface area contributed by atoms with Crippen LogP contribution in [0.1, 0.15) is 33.1 Å². The van der Waals surface area contributed by atoms with Crippen molar-refractivity contribution >= 4 is 22.6 Å². The van der Waals surface area contributed by atoms with Crippen LogP contribution in [-0.4, -0.2) is 3.42 Å². The minimum Gasteiger partial charge on any atom is -0.0882 e. The first-order valence-corrected chi connectivity index (χ1v) is 5.04. The van der Waals surface area contributed by atoms with Gasteiger partial charge in [0.15, 0.2) is 0 Å². The van der Waals surface area contributed by atoms with Crippen molar-refractivity contribution in [3.63, 3.8) is 0 Å². The molecular weight excluding hydrogens is 235 g/mol. The van der Waals surface area contributed by atoms with E-state index in [4.69, 9.17) is 0 Å². The molecule has 1 heteroatoms. The zero-order valence-electron chi connectivity index (χ0n) is 6.73. The first kappa shape index (κ1) is 8.57. The second-order valence-electron chi connectivity index (χ2n) is 3.53. The zero-order chi connectivity index (χ0) is 7.61. The second kappa shape index (κ2) is 3.24. The van der Waals surface area contributed by atoms with Gasteiger partial charge in [-0.25, -0.2) is 0 Å². The lowest BCUT2D eigenvalue weighted by atomic mass is 9.87. The number of allylic oxidation sites excluding steroid dienone is 2. The van der Waals surface area contributed by atoms with E-state index in [-0.39, 0.29) is 0 Å². The van der Waals surface area contributed by atoms with Crippen molar-refractivity contribution in [3.8, 4) is 0 Å². The first-order chi connectivity index (χ1) is 4.61. The van der Waals surface area contributed by atoms with Crippen LogP contribution in [0.4, 0.5) is 0 Å². The molecule has 1 aliphatic carbocycles. The standard InChI is InChI=1S/C9H15I/c1-9(2,10)8-6-4-3-5-7-8/h4,6,8H,3,5,7H2,1-2H3. The average molecular weight is 250 g/mol. The van der Waals surface area contributed by atoms with Gasteiger partial charge in [0.05, 0.1) is 0 Å². The van der Waals surface area contributed by atoms with Crippen LogP contribution in [0.25, 0.3) is 0 Å². The first-order valence-electron chi connectivity index (χ1n) is 3.96. The maximum Gasteiger partial charge on any atom is 0.0228 e. The number of alkyl halides is 1. The molecule has 0 spiro atoms. The van der Waals surface area contributed by atoms with E-state index in [0.29, 0.717) is 3.42 Å². The summed E-state index contributed by atoms with van der Waals surface area (Å²) in [5.41, 5.74) is 0. The van der Waals surface area contributed by atoms with Gasteiger partial charge >= 0.3 is 0 Å². The summed E-state index contributed by atoms with van der Waals surface area (Å²) in [6, 6.07) is 0. The van der Waals surface area contributed by atoms with Gasteiger partial charge in [0, 0.05) is 3.42 Å². The highest BCUT2D eigenvalue weighted by Gasteiger charge is 2.24. The highest BCUT2D eigenvalue weighted by Crippen LogP contribution is 2.34. The second-order valence-corrected chi connectivity index (χ2v) is 6.31. The third-order valence-electron chi connectivity index (χ3n) is 2.14. The van der Waals surface area contributed by atoms with Crippen LogP contribution < -0.4 is 0 Å². The summed E-state index contributed by atoms with van der Waals surface area (Å²) >= 11 is 2.54. The Morgan fingerprint density at radius 3 is 2.50 bits per heavy atom. The summed E-state index contributed by atoms with van der Waals surface area (Å²) < 4.78 is 0.453. The summed E-state index contributed by atoms with van der Waals surface area (Å²) in [6.45, 7) is 4.63. The van der Waals surface area contributed by atoms with Crippen molar-refractivity contribution in [2.45, 2.75) is 36.5 Å². The molecule has 0 N–H and O–H groups in total. The predicted octanol–water partition coefficient (Wildman–Crippen LogP) is 3.56. The smallest absolute Gasteiger partial charge is 0.0228 e. The van der Waals surface area contributed by atoms with Gasteiger partial charge in [-0.3, -0.25) is 0 Å². The normalized spacial score (nSPS) is 26.9. The Kier molecular flexibility index (Phi) is 2.78. The fourth-order valence-electron chi connectivity index (χ4n) is 1.38. The van der Waals surface area contributed by atoms with Gasteiger partial charge in [-0.15, -0.1) is 0 Å². The Morgan fingerprint density at radius 2 is 2.20 bits per heavy atom. The van der Waals surface area contributed by atoms with Crippen molar-refractivity contribution in [1.82, 2.24) is 0 Å². The van der Waals surface area contributed by atoms with E-state index in [9.17, 15) is 0 Å². The highest BCUT2D eigenvalue weighted by molar-refractivity contribution is 14.1. The minimum absolute atomic E-state index is 0.453. The third-order valence-corrected chi connectivity index (χ3v) is 2.94. The van der Waals surface area contributed by atoms with Crippen molar-refractivity contribution < 1.29 is 0 Å². The summed E-state index contributed by atoms with van der Waals surface area (Å²) in [5.74, 6) is 0.807. The summed E-state index contributed by atoms with van der Waals surface area (Å²) in [4.78, 5) is 0. The SMILES string of the molecule is CC(C)(I)C1C=CCCC1. The van der Waals surface area contributed by atoms with Crippen LogP contribution in [0, 0.1) is 5.92 Å². The van der Waals surface area contributed by atoms with Gasteiger partial charge in [-0.2, -0.15) is 0 Å². The van der Waals surface area contributed by atoms with Gasteiger partial charge < -0.3 is 0 Å². The van der Waals surface area contributed by atoms with Crippen LogP contribution in [0.5, 0.6) is 0 Å². The molecule has 0 bridgehead atoms. The van der Waals surface area contributed by atoms with Crippen LogP contribution in [-0.2, 0) is 0 Å². The quantitative estimate of drug-likeness (QED) is 0.379. The molecule has 0 radical (unpaired) electrons. The number of hydrogen-bond donors (Lipinski definition) is 0. The molecule has 0 aromatic rings. The number of hydrogen-bond acceptors (Lipinski definition) is 0. The fraction of sp³-hybridized carbons (Fsp3) is 0.778. The molecular formula is C9H15I. The van der Waals surface area contributed by atoms with Crippen LogP contribution in [0.2, 0.25) is 0 Å². The topological polar surface area (TPSA) is 0 Å². The summed E-state index contributed by atoms with van der Waals surface area (Å²) in [6.07, 6.45) is 8.77. The minimum atomic E-state index is 0.453. The van der Waals surface area contributed by atoms with Crippen molar-refractivity contribution in [3.05, 3.63) is 12.2 Å². The lowest BCUT2D eigenvalue weighted by Gasteiger charge is -2.28. The summed E-state index contributed by atoms with van der Waals surface area (Å²) in [5, 5.41) is 0. The molecule has 0 saturated carbocycles. The fourth-order valence-corrected chi connectivity index (χ4v) is 1.90. The molecule has 0 heterocycles. The van der Waals surface area contributed by atoms with E-state index < -0.39 is 0 Å². The third kappa shape index (κ3) is 2.26. The Labute approximate surface area is 77.2 Å². The van der Waals surface area contributed by atoms with Crippen LogP contribution in [0.15, 0.2) is 12.2 Å². The van der Waals surface area contributed by atoms with Gasteiger partial charge in [-0.05, 0) is 25.2 Å². The molecule has 1 rings (SSSR count). The van der Waals surface area contributed by atoms with E-state index >= 15 is 0 Å². The predicted molar refractivity (Wildman–Crippen MR) is 54.6 cm³/mol. The molecule has 1 atom stereocenters. The molecule has 58 valence electrons. The average Bonchev–Trinajstić information content (AvgIpc) is 1.88. The van der Waals surface area contributed by atoms with E-state index in [2.05, 4.69) is 48.6 Å². The molecule has 0 aromatic carbocycles. The number of halogens is 1. The lowest BCUT2D eigenvalue weighted by Crippen LogP contribution is -2.23. The van der Waals surface area contributed by atoms with Gasteiger partial charge in [0.1, 0.15) is 0 Å². The van der Waals surface area contributed by atoms with E-state index in [1.165, 1.54) is 19.3 Å². The zero-order valence-corrected chi connectivity index (χ0v) is 8.89. The van der Waals surface area contributed by atoms with Gasteiger partial charge in [-0.1, -0.05) is 48.6 Å². The van der Waals surface area contributed by atoms with Crippen molar-refractivity contribution in [1.29, 1.82) is 0 Å². The number of rotatable bonds is 1.